The molecular formula is C18H21N3O2. The van der Waals surface area contributed by atoms with Gasteiger partial charge in [-0.25, -0.2) is 4.79 Å². The van der Waals surface area contributed by atoms with E-state index in [1.165, 1.54) is 0 Å². The Balaban J connectivity index is 1.53. The highest BCUT2D eigenvalue weighted by Gasteiger charge is 2.23. The van der Waals surface area contributed by atoms with Crippen molar-refractivity contribution in [3.63, 3.8) is 0 Å². The first kappa shape index (κ1) is 15.2. The molecule has 2 aromatic carbocycles. The van der Waals surface area contributed by atoms with Crippen molar-refractivity contribution in [2.75, 3.05) is 29.5 Å². The van der Waals surface area contributed by atoms with Crippen molar-refractivity contribution in [1.29, 1.82) is 0 Å². The smallest absolute Gasteiger partial charge is 0.338 e. The van der Waals surface area contributed by atoms with Crippen molar-refractivity contribution in [1.82, 2.24) is 0 Å². The molecular weight excluding hydrogens is 290 g/mol. The summed E-state index contributed by atoms with van der Waals surface area (Å²) in [6.45, 7) is 1.73. The summed E-state index contributed by atoms with van der Waals surface area (Å²) in [5, 5.41) is 0. The van der Waals surface area contributed by atoms with Crippen LogP contribution in [0.5, 0.6) is 0 Å². The van der Waals surface area contributed by atoms with Gasteiger partial charge < -0.3 is 21.1 Å². The molecule has 0 amide bonds. The van der Waals surface area contributed by atoms with E-state index in [1.54, 1.807) is 24.3 Å². The number of esters is 1. The summed E-state index contributed by atoms with van der Waals surface area (Å²) in [6, 6.07) is 14.7. The quantitative estimate of drug-likeness (QED) is 0.673. The number of nitrogens with zero attached hydrogens (tertiary/aromatic N) is 1. The zero-order valence-electron chi connectivity index (χ0n) is 12.9. The number of benzene rings is 2. The van der Waals surface area contributed by atoms with Crippen LogP contribution < -0.4 is 16.4 Å². The number of anilines is 3. The van der Waals surface area contributed by atoms with Crippen LogP contribution in [0.4, 0.5) is 17.1 Å². The third-order valence-corrected chi connectivity index (χ3v) is 4.12. The van der Waals surface area contributed by atoms with E-state index in [2.05, 4.69) is 4.90 Å². The zero-order chi connectivity index (χ0) is 16.2. The molecule has 1 aliphatic rings. The Labute approximate surface area is 135 Å². The highest BCUT2D eigenvalue weighted by Crippen LogP contribution is 2.23. The van der Waals surface area contributed by atoms with Crippen molar-refractivity contribution in [2.45, 2.75) is 18.9 Å². The molecule has 3 rings (SSSR count). The van der Waals surface area contributed by atoms with Gasteiger partial charge >= 0.3 is 5.97 Å². The van der Waals surface area contributed by atoms with Crippen LogP contribution in [0.15, 0.2) is 48.5 Å². The molecule has 0 saturated carbocycles. The third kappa shape index (κ3) is 3.74. The van der Waals surface area contributed by atoms with Gasteiger partial charge in [0, 0.05) is 43.0 Å². The Kier molecular flexibility index (Phi) is 4.37. The second-order valence-electron chi connectivity index (χ2n) is 5.81. The molecule has 1 heterocycles. The first-order chi connectivity index (χ1) is 11.1. The maximum atomic E-state index is 12.1. The second-order valence-corrected chi connectivity index (χ2v) is 5.81. The standard InChI is InChI=1S/C18H21N3O2/c19-14-3-1-13(2-4-14)18(22)23-17-9-11-21(12-10-17)16-7-5-15(20)6-8-16/h1-8,17H,9-12,19-20H2. The van der Waals surface area contributed by atoms with Crippen LogP contribution in [0.25, 0.3) is 0 Å². The fraction of sp³-hybridized carbons (Fsp3) is 0.278. The molecule has 5 heteroatoms. The Morgan fingerprint density at radius 3 is 2.00 bits per heavy atom. The Hall–Kier alpha value is -2.69. The van der Waals surface area contributed by atoms with Gasteiger partial charge in [-0.15, -0.1) is 0 Å². The lowest BCUT2D eigenvalue weighted by Crippen LogP contribution is -2.37. The van der Waals surface area contributed by atoms with E-state index >= 15 is 0 Å². The Bertz CT molecular complexity index is 660. The van der Waals surface area contributed by atoms with Crippen molar-refractivity contribution in [3.05, 3.63) is 54.1 Å². The van der Waals surface area contributed by atoms with Crippen molar-refractivity contribution in [3.8, 4) is 0 Å². The molecule has 0 radical (unpaired) electrons. The minimum absolute atomic E-state index is 0.0370. The van der Waals surface area contributed by atoms with Gasteiger partial charge in [-0.2, -0.15) is 0 Å². The van der Waals surface area contributed by atoms with Gasteiger partial charge in [-0.1, -0.05) is 0 Å². The predicted molar refractivity (Wildman–Crippen MR) is 92.4 cm³/mol. The summed E-state index contributed by atoms with van der Waals surface area (Å²) in [5.74, 6) is -0.282. The van der Waals surface area contributed by atoms with Crippen LogP contribution in [-0.4, -0.2) is 25.2 Å². The normalized spacial score (nSPS) is 15.4. The molecule has 120 valence electrons. The lowest BCUT2D eigenvalue weighted by molar-refractivity contribution is 0.0245. The lowest BCUT2D eigenvalue weighted by atomic mass is 10.1. The summed E-state index contributed by atoms with van der Waals surface area (Å²) in [4.78, 5) is 14.4. The van der Waals surface area contributed by atoms with Crippen LogP contribution in [0.3, 0.4) is 0 Å². The number of piperidine rings is 1. The fourth-order valence-electron chi connectivity index (χ4n) is 2.76. The number of ether oxygens (including phenoxy) is 1. The van der Waals surface area contributed by atoms with Crippen LogP contribution in [0, 0.1) is 0 Å². The van der Waals surface area contributed by atoms with Gasteiger partial charge in [0.2, 0.25) is 0 Å². The van der Waals surface area contributed by atoms with Gasteiger partial charge in [0.05, 0.1) is 5.56 Å². The van der Waals surface area contributed by atoms with E-state index in [0.29, 0.717) is 11.3 Å². The summed E-state index contributed by atoms with van der Waals surface area (Å²) in [5.41, 5.74) is 14.4. The molecule has 5 nitrogen and oxygen atoms in total. The molecule has 0 spiro atoms. The maximum Gasteiger partial charge on any atom is 0.338 e. The van der Waals surface area contributed by atoms with E-state index < -0.39 is 0 Å². The number of carbonyl (C=O) groups is 1. The van der Waals surface area contributed by atoms with Crippen LogP contribution >= 0.6 is 0 Å². The molecule has 1 saturated heterocycles. The predicted octanol–water partition coefficient (Wildman–Crippen LogP) is 2.68. The molecule has 2 aromatic rings. The highest BCUT2D eigenvalue weighted by molar-refractivity contribution is 5.89. The van der Waals surface area contributed by atoms with Gasteiger partial charge in [0.1, 0.15) is 6.10 Å². The number of hydrogen-bond acceptors (Lipinski definition) is 5. The summed E-state index contributed by atoms with van der Waals surface area (Å²) in [6.07, 6.45) is 1.61. The summed E-state index contributed by atoms with van der Waals surface area (Å²) < 4.78 is 5.59. The second kappa shape index (κ2) is 6.60. The molecule has 4 N–H and O–H groups in total. The maximum absolute atomic E-state index is 12.1. The molecule has 0 bridgehead atoms. The van der Waals surface area contributed by atoms with Crippen molar-refractivity contribution in [2.24, 2.45) is 0 Å². The average molecular weight is 311 g/mol. The minimum atomic E-state index is -0.282. The number of rotatable bonds is 3. The Morgan fingerprint density at radius 2 is 1.43 bits per heavy atom. The zero-order valence-corrected chi connectivity index (χ0v) is 12.9. The minimum Gasteiger partial charge on any atom is -0.459 e. The van der Waals surface area contributed by atoms with E-state index in [4.69, 9.17) is 16.2 Å². The van der Waals surface area contributed by atoms with Gasteiger partial charge in [-0.3, -0.25) is 0 Å². The highest BCUT2D eigenvalue weighted by atomic mass is 16.5. The number of nitrogens with two attached hydrogens (primary N) is 2. The fourth-order valence-corrected chi connectivity index (χ4v) is 2.76. The van der Waals surface area contributed by atoms with Crippen molar-refractivity contribution < 1.29 is 9.53 Å². The first-order valence-electron chi connectivity index (χ1n) is 7.79. The number of carbonyl (C=O) groups excluding carboxylic acids is 1. The van der Waals surface area contributed by atoms with E-state index in [-0.39, 0.29) is 12.1 Å². The molecule has 0 aliphatic carbocycles. The van der Waals surface area contributed by atoms with Crippen LogP contribution in [-0.2, 0) is 4.74 Å². The van der Waals surface area contributed by atoms with E-state index in [0.717, 1.165) is 37.3 Å². The third-order valence-electron chi connectivity index (χ3n) is 4.12. The summed E-state index contributed by atoms with van der Waals surface area (Å²) in [7, 11) is 0. The monoisotopic (exact) mass is 311 g/mol. The number of nitrogen functional groups attached to an aromatic ring is 2. The number of hydrogen-bond donors (Lipinski definition) is 2. The molecule has 0 unspecified atom stereocenters. The summed E-state index contributed by atoms with van der Waals surface area (Å²) >= 11 is 0. The molecule has 1 aliphatic heterocycles. The van der Waals surface area contributed by atoms with E-state index in [9.17, 15) is 4.79 Å². The first-order valence-corrected chi connectivity index (χ1v) is 7.79. The molecule has 1 fully saturated rings. The molecule has 23 heavy (non-hydrogen) atoms. The molecule has 0 aromatic heterocycles. The largest absolute Gasteiger partial charge is 0.459 e. The van der Waals surface area contributed by atoms with Crippen LogP contribution in [0.2, 0.25) is 0 Å². The Morgan fingerprint density at radius 1 is 0.913 bits per heavy atom. The van der Waals surface area contributed by atoms with Gasteiger partial charge in [0.25, 0.3) is 0 Å². The van der Waals surface area contributed by atoms with E-state index in [1.807, 2.05) is 24.3 Å². The van der Waals surface area contributed by atoms with Gasteiger partial charge in [0.15, 0.2) is 0 Å². The topological polar surface area (TPSA) is 81.6 Å². The van der Waals surface area contributed by atoms with Crippen molar-refractivity contribution >= 4 is 23.0 Å². The van der Waals surface area contributed by atoms with Gasteiger partial charge in [-0.05, 0) is 48.5 Å². The average Bonchev–Trinajstić information content (AvgIpc) is 2.57. The molecule has 0 atom stereocenters. The SMILES string of the molecule is Nc1ccc(C(=O)OC2CCN(c3ccc(N)cc3)CC2)cc1. The lowest BCUT2D eigenvalue weighted by Gasteiger charge is -2.33. The van der Waals surface area contributed by atoms with Crippen LogP contribution in [0.1, 0.15) is 23.2 Å².